The van der Waals surface area contributed by atoms with Gasteiger partial charge in [-0.05, 0) is 118 Å². The van der Waals surface area contributed by atoms with Crippen LogP contribution in [0.25, 0.3) is 0 Å². The molecule has 2 aliphatic rings. The Morgan fingerprint density at radius 1 is 0.564 bits per heavy atom. The highest BCUT2D eigenvalue weighted by molar-refractivity contribution is 7.91. The molecule has 0 spiro atoms. The second kappa shape index (κ2) is 10.1. The van der Waals surface area contributed by atoms with E-state index in [0.717, 1.165) is 25.7 Å². The van der Waals surface area contributed by atoms with Crippen LogP contribution in [-0.4, -0.2) is 66.7 Å². The molecule has 0 unspecified atom stereocenters. The number of nitrogens with zero attached hydrogens (tertiary/aromatic N) is 2. The monoisotopic (exact) mass is 556 g/mol. The molecule has 2 saturated heterocycles. The van der Waals surface area contributed by atoms with Crippen LogP contribution in [0.3, 0.4) is 0 Å². The number of likely N-dealkylation sites (tertiary alicyclic amines) is 2. The number of rotatable bonds is 6. The molecule has 6 nitrogen and oxygen atoms in total. The van der Waals surface area contributed by atoms with E-state index in [9.17, 15) is 8.42 Å². The fraction of sp³-hybridized carbons (Fsp3) is 0.625. The van der Waals surface area contributed by atoms with Gasteiger partial charge in [0.1, 0.15) is 23.7 Å². The lowest BCUT2D eigenvalue weighted by Gasteiger charge is -2.53. The summed E-state index contributed by atoms with van der Waals surface area (Å²) in [5.74, 6) is 1.39. The summed E-state index contributed by atoms with van der Waals surface area (Å²) in [5, 5.41) is 0. The highest BCUT2D eigenvalue weighted by Crippen LogP contribution is 2.40. The van der Waals surface area contributed by atoms with E-state index in [1.54, 1.807) is 48.5 Å². The summed E-state index contributed by atoms with van der Waals surface area (Å²) in [6, 6.07) is 13.6. The van der Waals surface area contributed by atoms with E-state index in [1.165, 1.54) is 0 Å². The maximum absolute atomic E-state index is 13.4. The molecule has 0 N–H and O–H groups in total. The molecule has 2 aliphatic heterocycles. The van der Waals surface area contributed by atoms with Crippen LogP contribution in [0.5, 0.6) is 11.5 Å². The first-order valence-electron chi connectivity index (χ1n) is 14.1. The number of benzene rings is 2. The molecule has 0 atom stereocenters. The van der Waals surface area contributed by atoms with Gasteiger partial charge in [0.2, 0.25) is 9.84 Å². The summed E-state index contributed by atoms with van der Waals surface area (Å²) in [4.78, 5) is 5.35. The average Bonchev–Trinajstić information content (AvgIpc) is 2.81. The van der Waals surface area contributed by atoms with Crippen molar-refractivity contribution in [3.63, 3.8) is 0 Å². The summed E-state index contributed by atoms with van der Waals surface area (Å²) in [6.45, 7) is 17.9. The van der Waals surface area contributed by atoms with Gasteiger partial charge < -0.3 is 9.47 Å². The van der Waals surface area contributed by atoms with Gasteiger partial charge in [0, 0.05) is 47.8 Å². The van der Waals surface area contributed by atoms with Crippen LogP contribution in [0.15, 0.2) is 58.3 Å². The third-order valence-corrected chi connectivity index (χ3v) is 11.2. The van der Waals surface area contributed by atoms with Crippen molar-refractivity contribution in [1.29, 1.82) is 0 Å². The normalized spacial score (nSPS) is 23.8. The van der Waals surface area contributed by atoms with Crippen molar-refractivity contribution < 1.29 is 17.9 Å². The second-order valence-electron chi connectivity index (χ2n) is 14.1. The Balaban J connectivity index is 1.43. The molecule has 2 aromatic carbocycles. The van der Waals surface area contributed by atoms with E-state index in [0.29, 0.717) is 11.5 Å². The molecule has 4 rings (SSSR count). The van der Waals surface area contributed by atoms with Gasteiger partial charge in [-0.25, -0.2) is 8.42 Å². The van der Waals surface area contributed by atoms with Crippen molar-refractivity contribution in [2.45, 2.75) is 125 Å². The van der Waals surface area contributed by atoms with Crippen LogP contribution in [-0.2, 0) is 9.84 Å². The minimum atomic E-state index is -3.65. The number of ether oxygens (including phenoxy) is 2. The summed E-state index contributed by atoms with van der Waals surface area (Å²) < 4.78 is 39.4. The third-order valence-electron chi connectivity index (χ3n) is 9.41. The summed E-state index contributed by atoms with van der Waals surface area (Å²) >= 11 is 0. The first-order chi connectivity index (χ1) is 17.8. The predicted octanol–water partition coefficient (Wildman–Crippen LogP) is 6.58. The molecule has 0 aromatic heterocycles. The first kappa shape index (κ1) is 29.9. The van der Waals surface area contributed by atoms with Crippen molar-refractivity contribution in [2.24, 2.45) is 0 Å². The van der Waals surface area contributed by atoms with Gasteiger partial charge in [0.15, 0.2) is 0 Å². The lowest BCUT2D eigenvalue weighted by molar-refractivity contribution is -0.0560. The lowest BCUT2D eigenvalue weighted by Crippen LogP contribution is -2.60. The van der Waals surface area contributed by atoms with Gasteiger partial charge in [-0.15, -0.1) is 0 Å². The minimum absolute atomic E-state index is 0.0192. The number of sulfone groups is 1. The highest BCUT2D eigenvalue weighted by atomic mass is 32.2. The van der Waals surface area contributed by atoms with Crippen LogP contribution in [0.4, 0.5) is 0 Å². The third kappa shape index (κ3) is 6.15. The Hall–Kier alpha value is -2.09. The molecule has 0 saturated carbocycles. The van der Waals surface area contributed by atoms with Crippen LogP contribution in [0.1, 0.15) is 81.1 Å². The maximum Gasteiger partial charge on any atom is 0.206 e. The number of hydrogen-bond donors (Lipinski definition) is 0. The van der Waals surface area contributed by atoms with Crippen molar-refractivity contribution in [3.05, 3.63) is 48.5 Å². The first-order valence-corrected chi connectivity index (χ1v) is 15.6. The average molecular weight is 557 g/mol. The molecule has 0 radical (unpaired) electrons. The smallest absolute Gasteiger partial charge is 0.206 e. The summed E-state index contributed by atoms with van der Waals surface area (Å²) in [6.07, 6.45) is 3.79. The van der Waals surface area contributed by atoms with Gasteiger partial charge in [0.05, 0.1) is 9.79 Å². The van der Waals surface area contributed by atoms with Gasteiger partial charge in [-0.1, -0.05) is 0 Å². The standard InChI is InChI=1S/C32H48N2O4S/c1-29(2)19-25(20-30(3,4)33(29)9)37-23-11-15-27(16-12-23)39(35,36)28-17-13-24(14-18-28)38-26-21-31(5,6)34(10)32(7,8)22-26/h11-18,25-26H,19-22H2,1-10H3. The zero-order chi connectivity index (χ0) is 29.0. The molecular formula is C32H48N2O4S. The van der Waals surface area contributed by atoms with Gasteiger partial charge in [-0.2, -0.15) is 0 Å². The minimum Gasteiger partial charge on any atom is -0.490 e. The van der Waals surface area contributed by atoms with E-state index in [1.807, 2.05) is 0 Å². The zero-order valence-electron chi connectivity index (χ0n) is 25.5. The lowest BCUT2D eigenvalue weighted by atomic mass is 9.78. The topological polar surface area (TPSA) is 59.1 Å². The Morgan fingerprint density at radius 2 is 0.821 bits per heavy atom. The molecule has 39 heavy (non-hydrogen) atoms. The van der Waals surface area contributed by atoms with E-state index in [-0.39, 0.29) is 44.2 Å². The molecular weight excluding hydrogens is 508 g/mol. The van der Waals surface area contributed by atoms with Crippen molar-refractivity contribution in [1.82, 2.24) is 9.80 Å². The van der Waals surface area contributed by atoms with Crippen LogP contribution in [0, 0.1) is 0 Å². The molecule has 2 heterocycles. The second-order valence-corrected chi connectivity index (χ2v) is 16.1. The van der Waals surface area contributed by atoms with Crippen LogP contribution >= 0.6 is 0 Å². The van der Waals surface area contributed by atoms with E-state index < -0.39 is 9.84 Å². The van der Waals surface area contributed by atoms with Crippen LogP contribution < -0.4 is 9.47 Å². The molecule has 7 heteroatoms. The largest absolute Gasteiger partial charge is 0.490 e. The van der Waals surface area contributed by atoms with Crippen molar-refractivity contribution in [3.8, 4) is 11.5 Å². The molecule has 2 aromatic rings. The Labute approximate surface area is 236 Å². The zero-order valence-corrected chi connectivity index (χ0v) is 26.4. The van der Waals surface area contributed by atoms with E-state index >= 15 is 0 Å². The molecule has 0 amide bonds. The van der Waals surface area contributed by atoms with Gasteiger partial charge in [-0.3, -0.25) is 9.80 Å². The summed E-state index contributed by atoms with van der Waals surface area (Å²) in [5.41, 5.74) is 0.0767. The molecule has 216 valence electrons. The Bertz CT molecular complexity index is 1130. The molecule has 0 aliphatic carbocycles. The maximum atomic E-state index is 13.4. The summed E-state index contributed by atoms with van der Waals surface area (Å²) in [7, 11) is 0.691. The SMILES string of the molecule is CN1C(C)(C)CC(Oc2ccc(S(=O)(=O)c3ccc(OC4CC(C)(C)N(C)C(C)(C)C4)cc3)cc2)CC1(C)C. The predicted molar refractivity (Wildman–Crippen MR) is 157 cm³/mol. The van der Waals surface area contributed by atoms with Gasteiger partial charge in [0.25, 0.3) is 0 Å². The molecule has 0 bridgehead atoms. The number of piperidine rings is 2. The van der Waals surface area contributed by atoms with Crippen molar-refractivity contribution >= 4 is 9.84 Å². The Kier molecular flexibility index (Phi) is 7.72. The van der Waals surface area contributed by atoms with E-state index in [2.05, 4.69) is 79.3 Å². The fourth-order valence-corrected chi connectivity index (χ4v) is 7.90. The van der Waals surface area contributed by atoms with E-state index in [4.69, 9.17) is 9.47 Å². The molecule has 2 fully saturated rings. The Morgan fingerprint density at radius 3 is 1.08 bits per heavy atom. The highest BCUT2D eigenvalue weighted by Gasteiger charge is 2.45. The van der Waals surface area contributed by atoms with Crippen molar-refractivity contribution in [2.75, 3.05) is 14.1 Å². The van der Waals surface area contributed by atoms with Gasteiger partial charge >= 0.3 is 0 Å². The fourth-order valence-electron chi connectivity index (χ4n) is 6.64. The van der Waals surface area contributed by atoms with Crippen LogP contribution in [0.2, 0.25) is 0 Å². The number of hydrogen-bond acceptors (Lipinski definition) is 6. The quantitative estimate of drug-likeness (QED) is 0.401.